The Labute approximate surface area is 97.3 Å². The molecule has 0 spiro atoms. The average Bonchev–Trinajstić information content (AvgIpc) is 3.04. The predicted molar refractivity (Wildman–Crippen MR) is 55.2 cm³/mol. The van der Waals surface area contributed by atoms with Crippen LogP contribution < -0.4 is 0 Å². The first-order valence-corrected chi connectivity index (χ1v) is 5.24. The van der Waals surface area contributed by atoms with Gasteiger partial charge in [-0.3, -0.25) is 4.79 Å². The maximum absolute atomic E-state index is 12.8. The largest absolute Gasteiger partial charge is 0.403 e. The molecule has 0 aromatic rings. The lowest BCUT2D eigenvalue weighted by atomic mass is 10.0. The molecule has 0 aromatic heterocycles. The van der Waals surface area contributed by atoms with Gasteiger partial charge in [0.05, 0.1) is 6.04 Å². The second kappa shape index (κ2) is 4.50. The van der Waals surface area contributed by atoms with E-state index >= 15 is 0 Å². The van der Waals surface area contributed by atoms with E-state index in [9.17, 15) is 22.8 Å². The second-order valence-electron chi connectivity index (χ2n) is 4.20. The van der Waals surface area contributed by atoms with Crippen molar-refractivity contribution in [2.45, 2.75) is 32.0 Å². The molecule has 1 amide bonds. The lowest BCUT2D eigenvalue weighted by molar-refractivity contribution is -0.199. The molecule has 0 radical (unpaired) electrons. The molecule has 1 aliphatic rings. The van der Waals surface area contributed by atoms with E-state index in [0.29, 0.717) is 6.29 Å². The first kappa shape index (κ1) is 13.7. The minimum absolute atomic E-state index is 0.0590. The van der Waals surface area contributed by atoms with Gasteiger partial charge in [0.1, 0.15) is 11.7 Å². The van der Waals surface area contributed by atoms with Crippen LogP contribution in [0.4, 0.5) is 13.2 Å². The van der Waals surface area contributed by atoms with E-state index in [1.807, 2.05) is 0 Å². The van der Waals surface area contributed by atoms with E-state index in [4.69, 9.17) is 0 Å². The SMILES string of the molecule is C=CCN(C(=O)C1(C(F)(F)F)CC1)C(C)C=O. The van der Waals surface area contributed by atoms with Crippen LogP contribution in [0.5, 0.6) is 0 Å². The van der Waals surface area contributed by atoms with Gasteiger partial charge in [0, 0.05) is 6.54 Å². The Morgan fingerprint density at radius 1 is 1.53 bits per heavy atom. The summed E-state index contributed by atoms with van der Waals surface area (Å²) in [5.74, 6) is -1.02. The van der Waals surface area contributed by atoms with Crippen LogP contribution in [0, 0.1) is 5.41 Å². The maximum Gasteiger partial charge on any atom is 0.403 e. The Hall–Kier alpha value is -1.33. The summed E-state index contributed by atoms with van der Waals surface area (Å²) in [4.78, 5) is 23.4. The third-order valence-electron chi connectivity index (χ3n) is 2.98. The highest BCUT2D eigenvalue weighted by atomic mass is 19.4. The van der Waals surface area contributed by atoms with Gasteiger partial charge in [0.2, 0.25) is 5.91 Å². The Morgan fingerprint density at radius 3 is 2.35 bits per heavy atom. The van der Waals surface area contributed by atoms with E-state index in [1.165, 1.54) is 13.0 Å². The molecule has 0 aromatic carbocycles. The van der Waals surface area contributed by atoms with Crippen LogP contribution in [0.1, 0.15) is 19.8 Å². The smallest absolute Gasteiger partial charge is 0.329 e. The highest BCUT2D eigenvalue weighted by molar-refractivity contribution is 5.88. The fourth-order valence-corrected chi connectivity index (χ4v) is 1.67. The summed E-state index contributed by atoms with van der Waals surface area (Å²) >= 11 is 0. The lowest BCUT2D eigenvalue weighted by Crippen LogP contribution is -2.48. The van der Waals surface area contributed by atoms with E-state index in [2.05, 4.69) is 6.58 Å². The predicted octanol–water partition coefficient (Wildman–Crippen LogP) is 1.93. The molecular formula is C11H14F3NO2. The zero-order chi connectivity index (χ0) is 13.3. The third-order valence-corrected chi connectivity index (χ3v) is 2.98. The van der Waals surface area contributed by atoms with Crippen LogP contribution in [0.3, 0.4) is 0 Å². The molecule has 3 nitrogen and oxygen atoms in total. The highest BCUT2D eigenvalue weighted by Gasteiger charge is 2.69. The van der Waals surface area contributed by atoms with E-state index in [1.54, 1.807) is 0 Å². The summed E-state index contributed by atoms with van der Waals surface area (Å²) in [6.45, 7) is 4.70. The number of alkyl halides is 3. The standard InChI is InChI=1S/C11H14F3NO2/c1-3-6-15(8(2)7-16)9(17)10(4-5-10)11(12,13)14/h3,7-8H,1,4-6H2,2H3. The Kier molecular flexibility index (Phi) is 3.64. The summed E-state index contributed by atoms with van der Waals surface area (Å²) < 4.78 is 38.3. The van der Waals surface area contributed by atoms with Gasteiger partial charge in [-0.1, -0.05) is 6.08 Å². The van der Waals surface area contributed by atoms with Crippen molar-refractivity contribution in [2.24, 2.45) is 5.41 Å². The molecule has 17 heavy (non-hydrogen) atoms. The lowest BCUT2D eigenvalue weighted by Gasteiger charge is -2.30. The van der Waals surface area contributed by atoms with E-state index in [-0.39, 0.29) is 19.4 Å². The van der Waals surface area contributed by atoms with Crippen LogP contribution in [0.2, 0.25) is 0 Å². The maximum atomic E-state index is 12.8. The number of nitrogens with zero attached hydrogens (tertiary/aromatic N) is 1. The zero-order valence-electron chi connectivity index (χ0n) is 9.46. The van der Waals surface area contributed by atoms with Crippen LogP contribution in [-0.4, -0.2) is 35.9 Å². The summed E-state index contributed by atoms with van der Waals surface area (Å²) in [5, 5.41) is 0. The monoisotopic (exact) mass is 249 g/mol. The van der Waals surface area contributed by atoms with Gasteiger partial charge in [-0.05, 0) is 19.8 Å². The summed E-state index contributed by atoms with van der Waals surface area (Å²) in [5.41, 5.74) is -2.27. The zero-order valence-corrected chi connectivity index (χ0v) is 9.46. The number of carbonyl (C=O) groups is 2. The number of hydrogen-bond donors (Lipinski definition) is 0. The van der Waals surface area contributed by atoms with E-state index in [0.717, 1.165) is 4.90 Å². The van der Waals surface area contributed by atoms with Crippen molar-refractivity contribution in [1.29, 1.82) is 0 Å². The number of halogens is 3. The number of amides is 1. The summed E-state index contributed by atoms with van der Waals surface area (Å²) in [6, 6.07) is -0.875. The molecule has 96 valence electrons. The third kappa shape index (κ3) is 2.35. The van der Waals surface area contributed by atoms with Crippen LogP contribution in [0.25, 0.3) is 0 Å². The van der Waals surface area contributed by atoms with Gasteiger partial charge in [0.25, 0.3) is 0 Å². The summed E-state index contributed by atoms with van der Waals surface area (Å²) in [7, 11) is 0. The molecule has 1 unspecified atom stereocenters. The van der Waals surface area contributed by atoms with Gasteiger partial charge in [0.15, 0.2) is 0 Å². The molecule has 1 atom stereocenters. The van der Waals surface area contributed by atoms with Crippen molar-refractivity contribution in [3.05, 3.63) is 12.7 Å². The number of hydrogen-bond acceptors (Lipinski definition) is 2. The molecule has 1 rings (SSSR count). The van der Waals surface area contributed by atoms with Crippen LogP contribution >= 0.6 is 0 Å². The normalized spacial score (nSPS) is 19.3. The molecule has 0 saturated heterocycles. The number of aldehydes is 1. The topological polar surface area (TPSA) is 37.4 Å². The van der Waals surface area contributed by atoms with Crippen molar-refractivity contribution in [3.63, 3.8) is 0 Å². The van der Waals surface area contributed by atoms with Gasteiger partial charge in [-0.25, -0.2) is 0 Å². The minimum Gasteiger partial charge on any atom is -0.329 e. The van der Waals surface area contributed by atoms with Crippen molar-refractivity contribution < 1.29 is 22.8 Å². The first-order chi connectivity index (χ1) is 7.80. The fourth-order valence-electron chi connectivity index (χ4n) is 1.67. The number of carbonyl (C=O) groups excluding carboxylic acids is 2. The molecular weight excluding hydrogens is 235 g/mol. The van der Waals surface area contributed by atoms with Crippen molar-refractivity contribution in [1.82, 2.24) is 4.90 Å². The van der Waals surface area contributed by atoms with Gasteiger partial charge < -0.3 is 9.69 Å². The highest BCUT2D eigenvalue weighted by Crippen LogP contribution is 2.58. The molecule has 1 fully saturated rings. The average molecular weight is 249 g/mol. The molecule has 6 heteroatoms. The Balaban J connectivity index is 2.93. The molecule has 0 N–H and O–H groups in total. The summed E-state index contributed by atoms with van der Waals surface area (Å²) in [6.07, 6.45) is -3.19. The van der Waals surface area contributed by atoms with Gasteiger partial charge in [-0.2, -0.15) is 13.2 Å². The van der Waals surface area contributed by atoms with Crippen molar-refractivity contribution >= 4 is 12.2 Å². The van der Waals surface area contributed by atoms with Crippen LogP contribution in [-0.2, 0) is 9.59 Å². The molecule has 0 aliphatic heterocycles. The molecule has 0 bridgehead atoms. The van der Waals surface area contributed by atoms with Crippen molar-refractivity contribution in [3.8, 4) is 0 Å². The molecule has 1 aliphatic carbocycles. The fraction of sp³-hybridized carbons (Fsp3) is 0.636. The Morgan fingerprint density at radius 2 is 2.06 bits per heavy atom. The van der Waals surface area contributed by atoms with Crippen molar-refractivity contribution in [2.75, 3.05) is 6.54 Å². The second-order valence-corrected chi connectivity index (χ2v) is 4.20. The number of rotatable bonds is 5. The Bertz CT molecular complexity index is 334. The van der Waals surface area contributed by atoms with Crippen LogP contribution in [0.15, 0.2) is 12.7 Å². The molecule has 0 heterocycles. The van der Waals surface area contributed by atoms with Gasteiger partial charge in [-0.15, -0.1) is 6.58 Å². The first-order valence-electron chi connectivity index (χ1n) is 5.24. The van der Waals surface area contributed by atoms with E-state index < -0.39 is 23.5 Å². The molecule has 1 saturated carbocycles. The quantitative estimate of drug-likeness (QED) is 0.551. The minimum atomic E-state index is -4.55. The van der Waals surface area contributed by atoms with Gasteiger partial charge >= 0.3 is 6.18 Å².